The SMILES string of the molecule is Cc1ccc(C(=O)COC(=O)/C=C/c2ccccc2)cc1. The fourth-order valence-electron chi connectivity index (χ4n) is 1.74. The quantitative estimate of drug-likeness (QED) is 0.479. The standard InChI is InChI=1S/C18H16O3/c1-14-7-10-16(11-8-14)17(19)13-21-18(20)12-9-15-5-3-2-4-6-15/h2-12H,13H2,1H3/b12-9+. The van der Waals surface area contributed by atoms with Gasteiger partial charge in [-0.15, -0.1) is 0 Å². The van der Waals surface area contributed by atoms with Crippen molar-refractivity contribution in [3.8, 4) is 0 Å². The number of ketones is 1. The van der Waals surface area contributed by atoms with E-state index in [2.05, 4.69) is 0 Å². The summed E-state index contributed by atoms with van der Waals surface area (Å²) in [5, 5.41) is 0. The number of carbonyl (C=O) groups is 2. The number of esters is 1. The highest BCUT2D eigenvalue weighted by Gasteiger charge is 2.07. The molecule has 0 bridgehead atoms. The smallest absolute Gasteiger partial charge is 0.331 e. The molecule has 0 aliphatic carbocycles. The minimum absolute atomic E-state index is 0.212. The highest BCUT2D eigenvalue weighted by Crippen LogP contribution is 2.05. The van der Waals surface area contributed by atoms with Crippen LogP contribution >= 0.6 is 0 Å². The van der Waals surface area contributed by atoms with Crippen LogP contribution in [-0.4, -0.2) is 18.4 Å². The zero-order valence-corrected chi connectivity index (χ0v) is 11.8. The van der Waals surface area contributed by atoms with Gasteiger partial charge >= 0.3 is 5.97 Å². The number of benzene rings is 2. The van der Waals surface area contributed by atoms with E-state index in [0.29, 0.717) is 5.56 Å². The molecule has 0 N–H and O–H groups in total. The molecule has 0 unspecified atom stereocenters. The van der Waals surface area contributed by atoms with E-state index in [0.717, 1.165) is 11.1 Å². The fourth-order valence-corrected chi connectivity index (χ4v) is 1.74. The third kappa shape index (κ3) is 4.73. The monoisotopic (exact) mass is 280 g/mol. The Morgan fingerprint density at radius 1 is 1.00 bits per heavy atom. The molecule has 21 heavy (non-hydrogen) atoms. The predicted molar refractivity (Wildman–Crippen MR) is 81.9 cm³/mol. The van der Waals surface area contributed by atoms with Gasteiger partial charge in [-0.1, -0.05) is 60.2 Å². The Hall–Kier alpha value is -2.68. The molecule has 0 spiro atoms. The van der Waals surface area contributed by atoms with Crippen molar-refractivity contribution in [1.82, 2.24) is 0 Å². The van der Waals surface area contributed by atoms with Crippen LogP contribution in [0.5, 0.6) is 0 Å². The fraction of sp³-hybridized carbons (Fsp3) is 0.111. The molecule has 0 aliphatic rings. The molecule has 2 aromatic rings. The predicted octanol–water partition coefficient (Wildman–Crippen LogP) is 3.43. The molecule has 3 nitrogen and oxygen atoms in total. The van der Waals surface area contributed by atoms with Gasteiger partial charge in [-0.3, -0.25) is 4.79 Å². The number of carbonyl (C=O) groups excluding carboxylic acids is 2. The molecule has 0 radical (unpaired) electrons. The number of hydrogen-bond acceptors (Lipinski definition) is 3. The lowest BCUT2D eigenvalue weighted by Gasteiger charge is -2.02. The van der Waals surface area contributed by atoms with Crippen molar-refractivity contribution in [2.75, 3.05) is 6.61 Å². The average Bonchev–Trinajstić information content (AvgIpc) is 2.52. The van der Waals surface area contributed by atoms with Crippen LogP contribution < -0.4 is 0 Å². The number of hydrogen-bond donors (Lipinski definition) is 0. The second-order valence-electron chi connectivity index (χ2n) is 4.64. The highest BCUT2D eigenvalue weighted by molar-refractivity contribution is 5.98. The second-order valence-corrected chi connectivity index (χ2v) is 4.64. The van der Waals surface area contributed by atoms with Crippen molar-refractivity contribution in [3.63, 3.8) is 0 Å². The van der Waals surface area contributed by atoms with Gasteiger partial charge in [-0.25, -0.2) is 4.79 Å². The summed E-state index contributed by atoms with van der Waals surface area (Å²) in [6, 6.07) is 16.6. The van der Waals surface area contributed by atoms with E-state index >= 15 is 0 Å². The summed E-state index contributed by atoms with van der Waals surface area (Å²) in [5.41, 5.74) is 2.52. The topological polar surface area (TPSA) is 43.4 Å². The van der Waals surface area contributed by atoms with Crippen LogP contribution in [0.25, 0.3) is 6.08 Å². The first kappa shape index (κ1) is 14.7. The molecule has 0 aliphatic heterocycles. The Kier molecular flexibility index (Phi) is 5.04. The molecule has 0 aromatic heterocycles. The van der Waals surface area contributed by atoms with Crippen LogP contribution in [0.3, 0.4) is 0 Å². The van der Waals surface area contributed by atoms with Crippen molar-refractivity contribution in [1.29, 1.82) is 0 Å². The highest BCUT2D eigenvalue weighted by atomic mass is 16.5. The molecule has 106 valence electrons. The first-order valence-corrected chi connectivity index (χ1v) is 6.65. The molecule has 2 aromatic carbocycles. The summed E-state index contributed by atoms with van der Waals surface area (Å²) < 4.78 is 4.93. The maximum atomic E-state index is 11.8. The summed E-state index contributed by atoms with van der Waals surface area (Å²) in [6.07, 6.45) is 2.97. The lowest BCUT2D eigenvalue weighted by atomic mass is 10.1. The number of Topliss-reactive ketones (excluding diaryl/α,β-unsaturated/α-hetero) is 1. The van der Waals surface area contributed by atoms with E-state index in [4.69, 9.17) is 4.74 Å². The van der Waals surface area contributed by atoms with E-state index in [1.165, 1.54) is 6.08 Å². The van der Waals surface area contributed by atoms with Crippen molar-refractivity contribution in [2.45, 2.75) is 6.92 Å². The van der Waals surface area contributed by atoms with E-state index < -0.39 is 5.97 Å². The molecular weight excluding hydrogens is 264 g/mol. The van der Waals surface area contributed by atoms with Gasteiger partial charge in [-0.2, -0.15) is 0 Å². The molecule has 3 heteroatoms. The van der Waals surface area contributed by atoms with Crippen molar-refractivity contribution in [2.24, 2.45) is 0 Å². The lowest BCUT2D eigenvalue weighted by molar-refractivity contribution is -0.136. The minimum Gasteiger partial charge on any atom is -0.454 e. The zero-order valence-electron chi connectivity index (χ0n) is 11.8. The van der Waals surface area contributed by atoms with E-state index in [-0.39, 0.29) is 12.4 Å². The van der Waals surface area contributed by atoms with Crippen LogP contribution in [-0.2, 0) is 9.53 Å². The van der Waals surface area contributed by atoms with Gasteiger partial charge in [0.1, 0.15) is 0 Å². The molecule has 0 amide bonds. The summed E-state index contributed by atoms with van der Waals surface area (Å²) in [4.78, 5) is 23.4. The molecule has 0 heterocycles. The largest absolute Gasteiger partial charge is 0.454 e. The molecule has 0 saturated carbocycles. The van der Waals surface area contributed by atoms with E-state index in [9.17, 15) is 9.59 Å². The van der Waals surface area contributed by atoms with Crippen molar-refractivity contribution >= 4 is 17.8 Å². The van der Waals surface area contributed by atoms with Gasteiger partial charge < -0.3 is 4.74 Å². The van der Waals surface area contributed by atoms with Crippen LogP contribution in [0.1, 0.15) is 21.5 Å². The molecular formula is C18H16O3. The van der Waals surface area contributed by atoms with Gasteiger partial charge in [-0.05, 0) is 18.6 Å². The normalized spacial score (nSPS) is 10.5. The molecule has 0 fully saturated rings. The summed E-state index contributed by atoms with van der Waals surface area (Å²) in [5.74, 6) is -0.740. The van der Waals surface area contributed by atoms with Gasteiger partial charge in [0, 0.05) is 11.6 Å². The Morgan fingerprint density at radius 3 is 2.33 bits per heavy atom. The van der Waals surface area contributed by atoms with E-state index in [1.807, 2.05) is 49.4 Å². The minimum atomic E-state index is -0.528. The Bertz CT molecular complexity index is 640. The first-order valence-electron chi connectivity index (χ1n) is 6.65. The Labute approximate surface area is 123 Å². The number of rotatable bonds is 5. The van der Waals surface area contributed by atoms with Crippen LogP contribution in [0, 0.1) is 6.92 Å². The zero-order chi connectivity index (χ0) is 15.1. The maximum absolute atomic E-state index is 11.8. The Balaban J connectivity index is 1.85. The van der Waals surface area contributed by atoms with Crippen LogP contribution in [0.2, 0.25) is 0 Å². The molecule has 0 saturated heterocycles. The van der Waals surface area contributed by atoms with Gasteiger partial charge in [0.15, 0.2) is 12.4 Å². The van der Waals surface area contributed by atoms with Gasteiger partial charge in [0.25, 0.3) is 0 Å². The lowest BCUT2D eigenvalue weighted by Crippen LogP contribution is -2.12. The van der Waals surface area contributed by atoms with Gasteiger partial charge in [0.2, 0.25) is 0 Å². The maximum Gasteiger partial charge on any atom is 0.331 e. The number of aryl methyl sites for hydroxylation is 1. The first-order chi connectivity index (χ1) is 10.1. The average molecular weight is 280 g/mol. The second kappa shape index (κ2) is 7.20. The summed E-state index contributed by atoms with van der Waals surface area (Å²) in [6.45, 7) is 1.70. The summed E-state index contributed by atoms with van der Waals surface area (Å²) in [7, 11) is 0. The van der Waals surface area contributed by atoms with Crippen LogP contribution in [0.15, 0.2) is 60.7 Å². The van der Waals surface area contributed by atoms with Crippen LogP contribution in [0.4, 0.5) is 0 Å². The molecule has 2 rings (SSSR count). The number of ether oxygens (including phenoxy) is 1. The molecule has 0 atom stereocenters. The van der Waals surface area contributed by atoms with E-state index in [1.54, 1.807) is 18.2 Å². The van der Waals surface area contributed by atoms with Crippen molar-refractivity contribution in [3.05, 3.63) is 77.4 Å². The third-order valence-corrected chi connectivity index (χ3v) is 2.93. The van der Waals surface area contributed by atoms with Gasteiger partial charge in [0.05, 0.1) is 0 Å². The Morgan fingerprint density at radius 2 is 1.67 bits per heavy atom. The third-order valence-electron chi connectivity index (χ3n) is 2.93. The van der Waals surface area contributed by atoms with Crippen molar-refractivity contribution < 1.29 is 14.3 Å². The summed E-state index contributed by atoms with van der Waals surface area (Å²) >= 11 is 0.